The van der Waals surface area contributed by atoms with Gasteiger partial charge in [-0.1, -0.05) is 141 Å². The topological polar surface area (TPSA) is 162 Å². The van der Waals surface area contributed by atoms with Crippen molar-refractivity contribution in [3.8, 4) is 0 Å². The second-order valence-electron chi connectivity index (χ2n) is 12.0. The van der Waals surface area contributed by atoms with Crippen LogP contribution in [0.3, 0.4) is 0 Å². The van der Waals surface area contributed by atoms with Crippen molar-refractivity contribution in [2.45, 2.75) is 190 Å². The highest BCUT2D eigenvalue weighted by Crippen LogP contribution is 2.39. The van der Waals surface area contributed by atoms with Crippen molar-refractivity contribution < 1.29 is 40.9 Å². The van der Waals surface area contributed by atoms with Crippen molar-refractivity contribution in [1.82, 2.24) is 0 Å². The first-order chi connectivity index (χ1) is 18.0. The molecule has 0 spiro atoms. The number of aliphatic hydroxyl groups is 8. The van der Waals surface area contributed by atoms with Crippen LogP contribution in [0.2, 0.25) is 0 Å². The van der Waals surface area contributed by atoms with E-state index < -0.39 is 36.0 Å². The van der Waals surface area contributed by atoms with Gasteiger partial charge in [-0.05, 0) is 12.8 Å². The van der Waals surface area contributed by atoms with Crippen molar-refractivity contribution in [2.75, 3.05) is 0 Å². The molecular formula is C30H60O8. The van der Waals surface area contributed by atoms with E-state index in [9.17, 15) is 40.9 Å². The summed E-state index contributed by atoms with van der Waals surface area (Å²) in [6.45, 7) is 0. The molecule has 0 aliphatic heterocycles. The minimum absolute atomic E-state index is 0.204. The van der Waals surface area contributed by atoms with Crippen LogP contribution in [0.5, 0.6) is 0 Å². The van der Waals surface area contributed by atoms with Crippen LogP contribution in [0.25, 0.3) is 0 Å². The van der Waals surface area contributed by atoms with Crippen LogP contribution < -0.4 is 0 Å². The van der Waals surface area contributed by atoms with Gasteiger partial charge in [-0.25, -0.2) is 0 Å². The Morgan fingerprint density at radius 3 is 0.500 bits per heavy atom. The summed E-state index contributed by atoms with van der Waals surface area (Å²) in [5.74, 6) is -14.6. The van der Waals surface area contributed by atoms with Gasteiger partial charge < -0.3 is 40.9 Å². The molecule has 0 radical (unpaired) electrons. The van der Waals surface area contributed by atoms with E-state index >= 15 is 0 Å². The molecule has 1 aliphatic rings. The summed E-state index contributed by atoms with van der Waals surface area (Å²) in [6, 6.07) is 0. The van der Waals surface area contributed by atoms with Gasteiger partial charge in [0.15, 0.2) is 0 Å². The van der Waals surface area contributed by atoms with Gasteiger partial charge in [0.1, 0.15) is 0 Å². The molecule has 8 nitrogen and oxygen atoms in total. The number of hydrogen-bond acceptors (Lipinski definition) is 8. The number of hydrogen-bond donors (Lipinski definition) is 8. The first-order valence-corrected chi connectivity index (χ1v) is 15.7. The molecule has 0 unspecified atom stereocenters. The Balaban J connectivity index is 2.56. The Morgan fingerprint density at radius 1 is 0.211 bits per heavy atom. The molecule has 8 heteroatoms. The minimum Gasteiger partial charge on any atom is -0.361 e. The van der Waals surface area contributed by atoms with Gasteiger partial charge in [0, 0.05) is 12.8 Å². The predicted octanol–water partition coefficient (Wildman–Crippen LogP) is 4.87. The van der Waals surface area contributed by atoms with Crippen LogP contribution in [0.1, 0.15) is 167 Å². The standard InChI is InChI=1S/C30H60O8/c31-27(32)25-23-21-19-17-15-13-11-9-7-5-3-1-2-4-6-8-10-12-14-16-18-20-22-24-26-28(33,34)30(37,38)29(27,35)36/h31-38H,1-26H2. The molecule has 0 aromatic carbocycles. The molecule has 228 valence electrons. The summed E-state index contributed by atoms with van der Waals surface area (Å²) in [5.41, 5.74) is 0. The Hall–Kier alpha value is -0.320. The maximum atomic E-state index is 10.3. The maximum absolute atomic E-state index is 10.3. The first-order valence-electron chi connectivity index (χ1n) is 15.7. The summed E-state index contributed by atoms with van der Waals surface area (Å²) in [6.07, 6.45) is 24.4. The zero-order valence-corrected chi connectivity index (χ0v) is 24.0. The molecule has 0 bridgehead atoms. The Bertz CT molecular complexity index is 527. The summed E-state index contributed by atoms with van der Waals surface area (Å²) in [7, 11) is 0. The van der Waals surface area contributed by atoms with Crippen molar-refractivity contribution in [3.05, 3.63) is 0 Å². The van der Waals surface area contributed by atoms with Crippen LogP contribution in [-0.4, -0.2) is 64.0 Å². The third kappa shape index (κ3) is 12.9. The predicted molar refractivity (Wildman–Crippen MR) is 149 cm³/mol. The molecule has 0 atom stereocenters. The largest absolute Gasteiger partial charge is 0.361 e. The average Bonchev–Trinajstić information content (AvgIpc) is 2.85. The van der Waals surface area contributed by atoms with E-state index in [1.54, 1.807) is 0 Å². The van der Waals surface area contributed by atoms with Crippen LogP contribution in [0, 0.1) is 0 Å². The van der Waals surface area contributed by atoms with E-state index in [-0.39, 0.29) is 12.8 Å². The third-order valence-electron chi connectivity index (χ3n) is 8.40. The molecule has 1 saturated carbocycles. The normalized spacial score (nSPS) is 27.2. The highest BCUT2D eigenvalue weighted by atomic mass is 16.7. The van der Waals surface area contributed by atoms with E-state index in [0.29, 0.717) is 12.8 Å². The van der Waals surface area contributed by atoms with E-state index in [1.165, 1.54) is 89.9 Å². The SMILES string of the molecule is OC1(O)CCCCCCCCCCCCCCCCCCCCCCCCCCC(O)(O)C(O)(O)C1(O)O. The lowest BCUT2D eigenvalue weighted by atomic mass is 9.84. The van der Waals surface area contributed by atoms with Gasteiger partial charge in [-0.3, -0.25) is 0 Å². The molecule has 0 aromatic heterocycles. The van der Waals surface area contributed by atoms with Crippen LogP contribution in [0.4, 0.5) is 0 Å². The highest BCUT2D eigenvalue weighted by Gasteiger charge is 2.69. The van der Waals surface area contributed by atoms with E-state index in [4.69, 9.17) is 0 Å². The lowest BCUT2D eigenvalue weighted by Crippen LogP contribution is -2.76. The van der Waals surface area contributed by atoms with Crippen molar-refractivity contribution >= 4 is 0 Å². The smallest absolute Gasteiger partial charge is 0.279 e. The van der Waals surface area contributed by atoms with Crippen LogP contribution >= 0.6 is 0 Å². The molecule has 0 aromatic rings. The van der Waals surface area contributed by atoms with Gasteiger partial charge >= 0.3 is 0 Å². The molecule has 0 amide bonds. The average molecular weight is 549 g/mol. The number of rotatable bonds is 0. The van der Waals surface area contributed by atoms with Crippen molar-refractivity contribution in [3.63, 3.8) is 0 Å². The fraction of sp³-hybridized carbons (Fsp3) is 1.00. The molecule has 0 saturated heterocycles. The summed E-state index contributed by atoms with van der Waals surface area (Å²) < 4.78 is 0. The monoisotopic (exact) mass is 548 g/mol. The van der Waals surface area contributed by atoms with E-state index in [1.807, 2.05) is 0 Å². The van der Waals surface area contributed by atoms with Gasteiger partial charge in [0.25, 0.3) is 11.6 Å². The molecule has 1 fully saturated rings. The lowest BCUT2D eigenvalue weighted by Gasteiger charge is -2.47. The molecule has 1 rings (SSSR count). The van der Waals surface area contributed by atoms with Crippen molar-refractivity contribution in [1.29, 1.82) is 0 Å². The fourth-order valence-corrected chi connectivity index (χ4v) is 5.54. The Labute approximate surface area is 231 Å². The van der Waals surface area contributed by atoms with Gasteiger partial charge in [0.05, 0.1) is 0 Å². The molecular weight excluding hydrogens is 488 g/mol. The molecule has 0 heterocycles. The van der Waals surface area contributed by atoms with E-state index in [0.717, 1.165) is 38.5 Å². The Kier molecular flexibility index (Phi) is 17.8. The molecule has 8 N–H and O–H groups in total. The zero-order valence-electron chi connectivity index (χ0n) is 24.0. The summed E-state index contributed by atoms with van der Waals surface area (Å²) in [5, 5.41) is 82.2. The zero-order chi connectivity index (χ0) is 28.4. The lowest BCUT2D eigenvalue weighted by molar-refractivity contribution is -0.507. The van der Waals surface area contributed by atoms with Crippen molar-refractivity contribution in [2.24, 2.45) is 0 Å². The third-order valence-corrected chi connectivity index (χ3v) is 8.40. The maximum Gasteiger partial charge on any atom is 0.279 e. The Morgan fingerprint density at radius 2 is 0.342 bits per heavy atom. The summed E-state index contributed by atoms with van der Waals surface area (Å²) >= 11 is 0. The molecule has 1 aliphatic carbocycles. The molecule has 38 heavy (non-hydrogen) atoms. The second kappa shape index (κ2) is 18.9. The van der Waals surface area contributed by atoms with Crippen LogP contribution in [-0.2, 0) is 0 Å². The van der Waals surface area contributed by atoms with Gasteiger partial charge in [-0.2, -0.15) is 0 Å². The van der Waals surface area contributed by atoms with Crippen LogP contribution in [0.15, 0.2) is 0 Å². The highest BCUT2D eigenvalue weighted by molar-refractivity contribution is 5.00. The van der Waals surface area contributed by atoms with E-state index in [2.05, 4.69) is 0 Å². The van der Waals surface area contributed by atoms with Gasteiger partial charge in [-0.15, -0.1) is 0 Å². The summed E-state index contributed by atoms with van der Waals surface area (Å²) in [4.78, 5) is 0. The fourth-order valence-electron chi connectivity index (χ4n) is 5.54. The van der Waals surface area contributed by atoms with Gasteiger partial charge in [0.2, 0.25) is 11.6 Å². The first kappa shape index (κ1) is 35.7. The quantitative estimate of drug-likeness (QED) is 0.199. The minimum atomic E-state index is -3.97. The second-order valence-corrected chi connectivity index (χ2v) is 12.0.